The lowest BCUT2D eigenvalue weighted by Crippen LogP contribution is -2.27. The number of anilines is 2. The van der Waals surface area contributed by atoms with Gasteiger partial charge in [0.05, 0.1) is 16.9 Å². The number of carbonyl (C=O) groups is 3. The Morgan fingerprint density at radius 3 is 2.77 bits per heavy atom. The number of hydrogen-bond donors (Lipinski definition) is 1. The summed E-state index contributed by atoms with van der Waals surface area (Å²) in [5.74, 6) is -1.23. The smallest absolute Gasteiger partial charge is 0.341 e. The van der Waals surface area contributed by atoms with Crippen LogP contribution in [0.1, 0.15) is 23.2 Å². The Bertz CT molecular complexity index is 856. The van der Waals surface area contributed by atoms with Crippen LogP contribution in [0.4, 0.5) is 11.4 Å². The molecular formula is C18H16ClN3O4. The standard InChI is InChI=1S/C18H16ClN3O4/c19-17-12(5-3-9-20-17)18(25)26-11-15(23)21-13-6-1-2-7-14(13)22-10-4-8-16(22)24/h1-3,5-7,9H,4,8,10-11H2,(H,21,23). The molecule has 0 radical (unpaired) electrons. The first-order valence-corrected chi connectivity index (χ1v) is 8.41. The predicted molar refractivity (Wildman–Crippen MR) is 96.2 cm³/mol. The average Bonchev–Trinajstić information content (AvgIpc) is 3.06. The first kappa shape index (κ1) is 17.9. The highest BCUT2D eigenvalue weighted by Crippen LogP contribution is 2.29. The Balaban J connectivity index is 1.63. The van der Waals surface area contributed by atoms with E-state index in [4.69, 9.17) is 16.3 Å². The third-order valence-electron chi connectivity index (χ3n) is 3.86. The molecule has 1 N–H and O–H groups in total. The summed E-state index contributed by atoms with van der Waals surface area (Å²) in [6, 6.07) is 10.0. The zero-order valence-electron chi connectivity index (χ0n) is 13.8. The topological polar surface area (TPSA) is 88.6 Å². The molecule has 0 unspecified atom stereocenters. The molecule has 0 bridgehead atoms. The lowest BCUT2D eigenvalue weighted by atomic mass is 10.2. The van der Waals surface area contributed by atoms with Gasteiger partial charge in [0.15, 0.2) is 6.61 Å². The number of benzene rings is 1. The third-order valence-corrected chi connectivity index (χ3v) is 4.16. The number of esters is 1. The number of nitrogens with zero attached hydrogens (tertiary/aromatic N) is 2. The van der Waals surface area contributed by atoms with E-state index in [0.717, 1.165) is 6.42 Å². The molecule has 2 amide bonds. The largest absolute Gasteiger partial charge is 0.452 e. The summed E-state index contributed by atoms with van der Waals surface area (Å²) in [6.45, 7) is 0.131. The van der Waals surface area contributed by atoms with E-state index in [1.807, 2.05) is 0 Å². The number of ether oxygens (including phenoxy) is 1. The molecule has 2 heterocycles. The molecule has 0 saturated carbocycles. The lowest BCUT2D eigenvalue weighted by molar-refractivity contribution is -0.119. The number of halogens is 1. The van der Waals surface area contributed by atoms with Gasteiger partial charge in [-0.25, -0.2) is 9.78 Å². The van der Waals surface area contributed by atoms with Crippen LogP contribution in [-0.4, -0.2) is 35.9 Å². The normalized spacial score (nSPS) is 13.6. The predicted octanol–water partition coefficient (Wildman–Crippen LogP) is 2.66. The monoisotopic (exact) mass is 373 g/mol. The highest BCUT2D eigenvalue weighted by atomic mass is 35.5. The summed E-state index contributed by atoms with van der Waals surface area (Å²) in [6.07, 6.45) is 2.72. The summed E-state index contributed by atoms with van der Waals surface area (Å²) >= 11 is 5.82. The molecular weight excluding hydrogens is 358 g/mol. The van der Waals surface area contributed by atoms with Gasteiger partial charge < -0.3 is 15.0 Å². The first-order chi connectivity index (χ1) is 12.6. The summed E-state index contributed by atoms with van der Waals surface area (Å²) < 4.78 is 4.97. The van der Waals surface area contributed by atoms with Gasteiger partial charge >= 0.3 is 5.97 Å². The van der Waals surface area contributed by atoms with Crippen LogP contribution in [0.5, 0.6) is 0 Å². The Labute approximate surface area is 154 Å². The molecule has 2 aromatic rings. The zero-order chi connectivity index (χ0) is 18.5. The second-order valence-corrected chi connectivity index (χ2v) is 5.99. The quantitative estimate of drug-likeness (QED) is 0.643. The number of amides is 2. The van der Waals surface area contributed by atoms with Gasteiger partial charge in [-0.15, -0.1) is 0 Å². The van der Waals surface area contributed by atoms with Crippen molar-refractivity contribution >= 4 is 40.8 Å². The Morgan fingerprint density at radius 1 is 1.23 bits per heavy atom. The molecule has 0 atom stereocenters. The van der Waals surface area contributed by atoms with Crippen LogP contribution in [-0.2, 0) is 14.3 Å². The minimum Gasteiger partial charge on any atom is -0.452 e. The summed E-state index contributed by atoms with van der Waals surface area (Å²) in [4.78, 5) is 41.5. The van der Waals surface area contributed by atoms with E-state index < -0.39 is 18.5 Å². The molecule has 7 nitrogen and oxygen atoms in total. The SMILES string of the molecule is O=C(COC(=O)c1cccnc1Cl)Nc1ccccc1N1CCCC1=O. The van der Waals surface area contributed by atoms with Crippen molar-refractivity contribution in [2.24, 2.45) is 0 Å². The van der Waals surface area contributed by atoms with Gasteiger partial charge in [0, 0.05) is 19.2 Å². The van der Waals surface area contributed by atoms with E-state index in [-0.39, 0.29) is 16.6 Å². The maximum absolute atomic E-state index is 12.1. The summed E-state index contributed by atoms with van der Waals surface area (Å²) in [7, 11) is 0. The molecule has 1 aromatic carbocycles. The van der Waals surface area contributed by atoms with Crippen LogP contribution in [0.2, 0.25) is 5.15 Å². The molecule has 26 heavy (non-hydrogen) atoms. The van der Waals surface area contributed by atoms with Crippen molar-refractivity contribution in [2.75, 3.05) is 23.4 Å². The van der Waals surface area contributed by atoms with Crippen LogP contribution in [0.15, 0.2) is 42.6 Å². The van der Waals surface area contributed by atoms with Crippen molar-refractivity contribution in [2.45, 2.75) is 12.8 Å². The van der Waals surface area contributed by atoms with Gasteiger partial charge in [-0.05, 0) is 30.7 Å². The molecule has 3 rings (SSSR count). The van der Waals surface area contributed by atoms with E-state index in [1.165, 1.54) is 12.3 Å². The molecule has 1 aromatic heterocycles. The lowest BCUT2D eigenvalue weighted by Gasteiger charge is -2.19. The van der Waals surface area contributed by atoms with Crippen LogP contribution in [0, 0.1) is 0 Å². The highest BCUT2D eigenvalue weighted by Gasteiger charge is 2.24. The fraction of sp³-hybridized carbons (Fsp3) is 0.222. The fourth-order valence-corrected chi connectivity index (χ4v) is 2.85. The maximum Gasteiger partial charge on any atom is 0.341 e. The van der Waals surface area contributed by atoms with E-state index in [2.05, 4.69) is 10.3 Å². The maximum atomic E-state index is 12.1. The minimum absolute atomic E-state index is 0.01000. The summed E-state index contributed by atoms with van der Waals surface area (Å²) in [5.41, 5.74) is 1.21. The second kappa shape index (κ2) is 7.97. The van der Waals surface area contributed by atoms with Gasteiger partial charge in [-0.3, -0.25) is 9.59 Å². The van der Waals surface area contributed by atoms with Crippen LogP contribution >= 0.6 is 11.6 Å². The molecule has 1 fully saturated rings. The van der Waals surface area contributed by atoms with Gasteiger partial charge in [0.25, 0.3) is 5.91 Å². The number of nitrogens with one attached hydrogen (secondary N) is 1. The van der Waals surface area contributed by atoms with Gasteiger partial charge in [-0.2, -0.15) is 0 Å². The Kier molecular flexibility index (Phi) is 5.48. The van der Waals surface area contributed by atoms with Gasteiger partial charge in [-0.1, -0.05) is 23.7 Å². The van der Waals surface area contributed by atoms with Crippen molar-refractivity contribution in [1.82, 2.24) is 4.98 Å². The number of aromatic nitrogens is 1. The second-order valence-electron chi connectivity index (χ2n) is 5.63. The van der Waals surface area contributed by atoms with Crippen molar-refractivity contribution < 1.29 is 19.1 Å². The number of rotatable bonds is 5. The van der Waals surface area contributed by atoms with Crippen LogP contribution < -0.4 is 10.2 Å². The fourth-order valence-electron chi connectivity index (χ4n) is 2.65. The van der Waals surface area contributed by atoms with Crippen LogP contribution in [0.25, 0.3) is 0 Å². The Morgan fingerprint density at radius 2 is 2.04 bits per heavy atom. The molecule has 0 spiro atoms. The third kappa shape index (κ3) is 4.00. The van der Waals surface area contributed by atoms with E-state index >= 15 is 0 Å². The number of carbonyl (C=O) groups excluding carboxylic acids is 3. The highest BCUT2D eigenvalue weighted by molar-refractivity contribution is 6.32. The van der Waals surface area contributed by atoms with E-state index in [9.17, 15) is 14.4 Å². The Hall–Kier alpha value is -2.93. The van der Waals surface area contributed by atoms with Gasteiger partial charge in [0.1, 0.15) is 5.15 Å². The van der Waals surface area contributed by atoms with Crippen LogP contribution in [0.3, 0.4) is 0 Å². The first-order valence-electron chi connectivity index (χ1n) is 8.03. The zero-order valence-corrected chi connectivity index (χ0v) is 14.5. The van der Waals surface area contributed by atoms with E-state index in [0.29, 0.717) is 24.3 Å². The van der Waals surface area contributed by atoms with Crippen molar-refractivity contribution in [3.8, 4) is 0 Å². The molecule has 134 valence electrons. The minimum atomic E-state index is -0.735. The molecule has 0 aliphatic carbocycles. The van der Waals surface area contributed by atoms with Gasteiger partial charge in [0.2, 0.25) is 5.91 Å². The molecule has 1 aliphatic heterocycles. The summed E-state index contributed by atoms with van der Waals surface area (Å²) in [5, 5.41) is 2.68. The number of hydrogen-bond acceptors (Lipinski definition) is 5. The van der Waals surface area contributed by atoms with E-state index in [1.54, 1.807) is 35.2 Å². The van der Waals surface area contributed by atoms with Crippen molar-refractivity contribution in [3.05, 3.63) is 53.3 Å². The van der Waals surface area contributed by atoms with Crippen molar-refractivity contribution in [1.29, 1.82) is 0 Å². The number of para-hydroxylation sites is 2. The molecule has 1 aliphatic rings. The number of pyridine rings is 1. The van der Waals surface area contributed by atoms with Crippen molar-refractivity contribution in [3.63, 3.8) is 0 Å². The molecule has 8 heteroatoms. The molecule has 1 saturated heterocycles. The average molecular weight is 374 g/mol.